The van der Waals surface area contributed by atoms with Gasteiger partial charge in [-0.15, -0.1) is 0 Å². The maximum atomic E-state index is 12.9. The molecular weight excluding hydrogens is 407 g/mol. The predicted octanol–water partition coefficient (Wildman–Crippen LogP) is 6.13. The molecule has 3 rings (SSSR count). The Morgan fingerprint density at radius 1 is 0.875 bits per heavy atom. The highest BCUT2D eigenvalue weighted by Gasteiger charge is 2.06. The van der Waals surface area contributed by atoms with Gasteiger partial charge in [0.25, 0.3) is 0 Å². The molecule has 32 heavy (non-hydrogen) atoms. The van der Waals surface area contributed by atoms with Crippen LogP contribution in [0.15, 0.2) is 85.5 Å². The maximum absolute atomic E-state index is 12.9. The summed E-state index contributed by atoms with van der Waals surface area (Å²) in [6, 6.07) is 19.6. The van der Waals surface area contributed by atoms with Gasteiger partial charge in [-0.1, -0.05) is 42.5 Å². The van der Waals surface area contributed by atoms with Gasteiger partial charge < -0.3 is 9.47 Å². The van der Waals surface area contributed by atoms with E-state index in [-0.39, 0.29) is 24.6 Å². The Morgan fingerprint density at radius 3 is 2.09 bits per heavy atom. The summed E-state index contributed by atoms with van der Waals surface area (Å²) >= 11 is 0. The molecule has 4 nitrogen and oxygen atoms in total. The van der Waals surface area contributed by atoms with Crippen LogP contribution in [0.25, 0.3) is 11.6 Å². The van der Waals surface area contributed by atoms with Crippen molar-refractivity contribution in [2.75, 3.05) is 6.61 Å². The van der Waals surface area contributed by atoms with Crippen molar-refractivity contribution < 1.29 is 23.5 Å². The first kappa shape index (κ1) is 22.7. The van der Waals surface area contributed by atoms with Crippen LogP contribution in [-0.4, -0.2) is 18.4 Å². The number of carbonyl (C=O) groups excluding carboxylic acids is 2. The molecule has 0 atom stereocenters. The molecule has 3 aromatic carbocycles. The van der Waals surface area contributed by atoms with Gasteiger partial charge in [0.05, 0.1) is 13.0 Å². The van der Waals surface area contributed by atoms with Gasteiger partial charge in [0, 0.05) is 5.56 Å². The Kier molecular flexibility index (Phi) is 7.70. The minimum Gasteiger partial charge on any atom is -0.493 e. The summed E-state index contributed by atoms with van der Waals surface area (Å²) < 4.78 is 23.8. The van der Waals surface area contributed by atoms with Crippen molar-refractivity contribution in [3.63, 3.8) is 0 Å². The van der Waals surface area contributed by atoms with Crippen LogP contribution in [0.3, 0.4) is 0 Å². The fourth-order valence-corrected chi connectivity index (χ4v) is 2.80. The lowest BCUT2D eigenvalue weighted by molar-refractivity contribution is -0.134. The highest BCUT2D eigenvalue weighted by molar-refractivity contribution is 6.06. The molecule has 0 spiro atoms. The molecule has 0 aliphatic rings. The van der Waals surface area contributed by atoms with E-state index in [2.05, 4.69) is 6.58 Å². The molecule has 162 valence electrons. The van der Waals surface area contributed by atoms with E-state index in [0.717, 1.165) is 16.7 Å². The van der Waals surface area contributed by atoms with Crippen LogP contribution in [-0.2, 0) is 4.79 Å². The monoisotopic (exact) mass is 430 g/mol. The molecule has 0 aliphatic heterocycles. The highest BCUT2D eigenvalue weighted by atomic mass is 19.1. The average Bonchev–Trinajstić information content (AvgIpc) is 2.79. The highest BCUT2D eigenvalue weighted by Crippen LogP contribution is 2.18. The average molecular weight is 430 g/mol. The van der Waals surface area contributed by atoms with Gasteiger partial charge in [0.15, 0.2) is 5.78 Å². The van der Waals surface area contributed by atoms with Crippen LogP contribution in [0.5, 0.6) is 11.5 Å². The Hall–Kier alpha value is -3.99. The number of ketones is 1. The van der Waals surface area contributed by atoms with Crippen LogP contribution in [0.4, 0.5) is 4.39 Å². The molecule has 0 saturated carbocycles. The van der Waals surface area contributed by atoms with Gasteiger partial charge in [-0.2, -0.15) is 0 Å². The quantitative estimate of drug-likeness (QED) is 0.177. The SMILES string of the molecule is C=C(C)c1ccc(OCCC(=O)Oc2ccc(C=CC(=O)c3ccc(F)cc3)cc2)cc1. The van der Waals surface area contributed by atoms with Crippen LogP contribution in [0.1, 0.15) is 34.8 Å². The zero-order valence-electron chi connectivity index (χ0n) is 17.7. The summed E-state index contributed by atoms with van der Waals surface area (Å²) in [4.78, 5) is 24.1. The fourth-order valence-electron chi connectivity index (χ4n) is 2.80. The second-order valence-electron chi connectivity index (χ2n) is 7.15. The first-order valence-electron chi connectivity index (χ1n) is 10.1. The fraction of sp³-hybridized carbons (Fsp3) is 0.111. The Labute approximate surface area is 186 Å². The number of esters is 1. The largest absolute Gasteiger partial charge is 0.493 e. The van der Waals surface area contributed by atoms with E-state index < -0.39 is 5.97 Å². The topological polar surface area (TPSA) is 52.6 Å². The third-order valence-electron chi connectivity index (χ3n) is 4.59. The first-order valence-corrected chi connectivity index (χ1v) is 10.1. The van der Waals surface area contributed by atoms with Crippen LogP contribution in [0.2, 0.25) is 0 Å². The number of halogens is 1. The lowest BCUT2D eigenvalue weighted by Gasteiger charge is -2.08. The summed E-state index contributed by atoms with van der Waals surface area (Å²) in [5.41, 5.74) is 3.18. The molecule has 0 amide bonds. The molecule has 0 unspecified atom stereocenters. The maximum Gasteiger partial charge on any atom is 0.314 e. The van der Waals surface area contributed by atoms with Crippen molar-refractivity contribution in [2.45, 2.75) is 13.3 Å². The minimum absolute atomic E-state index is 0.107. The lowest BCUT2D eigenvalue weighted by atomic mass is 10.1. The van der Waals surface area contributed by atoms with E-state index in [0.29, 0.717) is 17.1 Å². The summed E-state index contributed by atoms with van der Waals surface area (Å²) in [7, 11) is 0. The van der Waals surface area contributed by atoms with Crippen LogP contribution < -0.4 is 9.47 Å². The van der Waals surface area contributed by atoms with Crippen LogP contribution in [0, 0.1) is 5.82 Å². The molecule has 0 heterocycles. The van der Waals surface area contributed by atoms with Gasteiger partial charge >= 0.3 is 5.97 Å². The Morgan fingerprint density at radius 2 is 1.47 bits per heavy atom. The smallest absolute Gasteiger partial charge is 0.314 e. The third kappa shape index (κ3) is 6.77. The number of hydrogen-bond acceptors (Lipinski definition) is 4. The number of benzene rings is 3. The second kappa shape index (κ2) is 10.9. The summed E-state index contributed by atoms with van der Waals surface area (Å²) in [5.74, 6) is 0.0597. The number of ether oxygens (including phenoxy) is 2. The molecule has 0 radical (unpaired) electrons. The van der Waals surface area contributed by atoms with Gasteiger partial charge in [0.1, 0.15) is 17.3 Å². The van der Waals surface area contributed by atoms with Crippen molar-refractivity contribution in [2.24, 2.45) is 0 Å². The normalized spacial score (nSPS) is 10.7. The van der Waals surface area contributed by atoms with Gasteiger partial charge in [-0.3, -0.25) is 9.59 Å². The summed E-state index contributed by atoms with van der Waals surface area (Å²) in [6.45, 7) is 6.03. The van der Waals surface area contributed by atoms with E-state index in [1.807, 2.05) is 31.2 Å². The third-order valence-corrected chi connectivity index (χ3v) is 4.59. The summed E-state index contributed by atoms with van der Waals surface area (Å²) in [5, 5.41) is 0. The van der Waals surface area contributed by atoms with Gasteiger partial charge in [-0.25, -0.2) is 4.39 Å². The Balaban J connectivity index is 1.45. The zero-order valence-corrected chi connectivity index (χ0v) is 17.7. The predicted molar refractivity (Wildman–Crippen MR) is 123 cm³/mol. The molecule has 3 aromatic rings. The number of hydrogen-bond donors (Lipinski definition) is 0. The van der Waals surface area contributed by atoms with Gasteiger partial charge in [-0.05, 0) is 72.7 Å². The van der Waals surface area contributed by atoms with Crippen molar-refractivity contribution >= 4 is 23.4 Å². The first-order chi connectivity index (χ1) is 15.4. The molecule has 0 aromatic heterocycles. The minimum atomic E-state index is -0.404. The van der Waals surface area contributed by atoms with Crippen molar-refractivity contribution in [1.29, 1.82) is 0 Å². The van der Waals surface area contributed by atoms with E-state index in [1.54, 1.807) is 30.3 Å². The number of rotatable bonds is 9. The van der Waals surface area contributed by atoms with E-state index in [4.69, 9.17) is 9.47 Å². The summed E-state index contributed by atoms with van der Waals surface area (Å²) in [6.07, 6.45) is 3.16. The van der Waals surface area contributed by atoms with Crippen molar-refractivity contribution in [3.8, 4) is 11.5 Å². The van der Waals surface area contributed by atoms with E-state index in [9.17, 15) is 14.0 Å². The zero-order chi connectivity index (χ0) is 22.9. The molecule has 0 fully saturated rings. The molecular formula is C27H23FO4. The Bertz CT molecular complexity index is 1110. The van der Waals surface area contributed by atoms with Crippen LogP contribution >= 0.6 is 0 Å². The molecule has 5 heteroatoms. The standard InChI is InChI=1S/C27H23FO4/c1-19(2)21-8-14-24(15-9-21)31-18-17-27(30)32-25-12-3-20(4-13-25)5-16-26(29)22-6-10-23(28)11-7-22/h3-16H,1,17-18H2,2H3. The number of allylic oxidation sites excluding steroid dienone is 2. The molecule has 0 N–H and O–H groups in total. The van der Waals surface area contributed by atoms with Crippen molar-refractivity contribution in [1.82, 2.24) is 0 Å². The van der Waals surface area contributed by atoms with Gasteiger partial charge in [0.2, 0.25) is 0 Å². The molecule has 0 aliphatic carbocycles. The lowest BCUT2D eigenvalue weighted by Crippen LogP contribution is -2.12. The van der Waals surface area contributed by atoms with E-state index in [1.165, 1.54) is 30.3 Å². The van der Waals surface area contributed by atoms with Crippen molar-refractivity contribution in [3.05, 3.63) is 108 Å². The molecule has 0 saturated heterocycles. The van der Waals surface area contributed by atoms with E-state index >= 15 is 0 Å². The second-order valence-corrected chi connectivity index (χ2v) is 7.15. The molecule has 0 bridgehead atoms. The number of carbonyl (C=O) groups is 2.